The molecule has 1 rings (SSSR count). The van der Waals surface area contributed by atoms with Crippen molar-refractivity contribution >= 4 is 23.2 Å². The minimum Gasteiger partial charge on any atom is -0.368 e. The maximum absolute atomic E-state index is 10.8. The van der Waals surface area contributed by atoms with Gasteiger partial charge in [0.05, 0.1) is 17.3 Å². The van der Waals surface area contributed by atoms with Gasteiger partial charge in [0.15, 0.2) is 0 Å². The van der Waals surface area contributed by atoms with E-state index in [1.165, 1.54) is 0 Å². The zero-order valence-electron chi connectivity index (χ0n) is 10.2. The van der Waals surface area contributed by atoms with Gasteiger partial charge in [0.2, 0.25) is 5.91 Å². The van der Waals surface area contributed by atoms with Gasteiger partial charge in [0.1, 0.15) is 0 Å². The van der Waals surface area contributed by atoms with Crippen molar-refractivity contribution in [1.82, 2.24) is 5.32 Å². The quantitative estimate of drug-likeness (QED) is 0.807. The zero-order chi connectivity index (χ0) is 12.8. The summed E-state index contributed by atoms with van der Waals surface area (Å²) in [5.74, 6) is -0.375. The molecule has 94 valence electrons. The van der Waals surface area contributed by atoms with Crippen LogP contribution in [0.4, 0.5) is 5.69 Å². The Labute approximate surface area is 107 Å². The van der Waals surface area contributed by atoms with Crippen molar-refractivity contribution in [3.05, 3.63) is 28.8 Å². The van der Waals surface area contributed by atoms with Gasteiger partial charge in [-0.05, 0) is 24.2 Å². The summed E-state index contributed by atoms with van der Waals surface area (Å²) in [6.07, 6.45) is 0. The minimum atomic E-state index is -0.375. The molecule has 0 radical (unpaired) electrons. The van der Waals surface area contributed by atoms with Crippen molar-refractivity contribution in [3.63, 3.8) is 0 Å². The Morgan fingerprint density at radius 1 is 1.53 bits per heavy atom. The van der Waals surface area contributed by atoms with Gasteiger partial charge in [-0.1, -0.05) is 24.6 Å². The van der Waals surface area contributed by atoms with E-state index >= 15 is 0 Å². The Kier molecular flexibility index (Phi) is 5.25. The first-order valence-electron chi connectivity index (χ1n) is 5.53. The van der Waals surface area contributed by atoms with Crippen molar-refractivity contribution in [1.29, 1.82) is 0 Å². The highest BCUT2D eigenvalue weighted by Crippen LogP contribution is 2.25. The lowest BCUT2D eigenvalue weighted by Gasteiger charge is -2.19. The second-order valence-corrected chi connectivity index (χ2v) is 4.30. The monoisotopic (exact) mass is 255 g/mol. The van der Waals surface area contributed by atoms with Crippen molar-refractivity contribution < 1.29 is 4.79 Å². The number of hydrogen-bond acceptors (Lipinski definition) is 3. The molecule has 0 aromatic heterocycles. The highest BCUT2D eigenvalue weighted by Gasteiger charge is 2.08. The molecular formula is C12H18ClN3O. The molecule has 3 N–H and O–H groups in total. The van der Waals surface area contributed by atoms with Gasteiger partial charge >= 0.3 is 0 Å². The van der Waals surface area contributed by atoms with E-state index in [4.69, 9.17) is 17.3 Å². The normalized spacial score (nSPS) is 10.3. The van der Waals surface area contributed by atoms with E-state index in [2.05, 4.69) is 12.2 Å². The number of hydrogen-bond donors (Lipinski definition) is 2. The molecule has 0 aliphatic heterocycles. The number of likely N-dealkylation sites (N-methyl/N-ethyl adjacent to an activating group) is 1. The molecule has 4 nitrogen and oxygen atoms in total. The predicted molar refractivity (Wildman–Crippen MR) is 71.3 cm³/mol. The van der Waals surface area contributed by atoms with Crippen LogP contribution in [0.5, 0.6) is 0 Å². The third-order valence-corrected chi connectivity index (χ3v) is 2.70. The number of carbonyl (C=O) groups excluding carboxylic acids is 1. The fraction of sp³-hybridized carbons (Fsp3) is 0.417. The summed E-state index contributed by atoms with van der Waals surface area (Å²) in [6, 6.07) is 5.79. The molecule has 0 fully saturated rings. The van der Waals surface area contributed by atoms with Gasteiger partial charge in [0, 0.05) is 13.6 Å². The second kappa shape index (κ2) is 6.47. The van der Waals surface area contributed by atoms with Crippen LogP contribution in [0.15, 0.2) is 18.2 Å². The summed E-state index contributed by atoms with van der Waals surface area (Å²) in [6.45, 7) is 3.92. The summed E-state index contributed by atoms with van der Waals surface area (Å²) in [7, 11) is 1.79. The number of carbonyl (C=O) groups is 1. The number of nitrogens with one attached hydrogen (secondary N) is 1. The number of halogens is 1. The molecule has 0 unspecified atom stereocenters. The summed E-state index contributed by atoms with van der Waals surface area (Å²) >= 11 is 6.17. The topological polar surface area (TPSA) is 58.4 Å². The lowest BCUT2D eigenvalue weighted by molar-refractivity contribution is -0.116. The SMILES string of the molecule is CCNCc1ccc(N(C)CC(N)=O)c(Cl)c1. The Morgan fingerprint density at radius 2 is 2.24 bits per heavy atom. The number of primary amides is 1. The molecule has 0 heterocycles. The van der Waals surface area contributed by atoms with Gasteiger partial charge in [-0.25, -0.2) is 0 Å². The van der Waals surface area contributed by atoms with Crippen LogP contribution in [0, 0.1) is 0 Å². The smallest absolute Gasteiger partial charge is 0.236 e. The molecule has 17 heavy (non-hydrogen) atoms. The number of amides is 1. The number of nitrogens with zero attached hydrogens (tertiary/aromatic N) is 1. The molecule has 0 atom stereocenters. The van der Waals surface area contributed by atoms with Crippen molar-refractivity contribution in [2.24, 2.45) is 5.73 Å². The average Bonchev–Trinajstić information content (AvgIpc) is 2.25. The maximum Gasteiger partial charge on any atom is 0.236 e. The average molecular weight is 256 g/mol. The summed E-state index contributed by atoms with van der Waals surface area (Å²) in [5.41, 5.74) is 7.07. The Balaban J connectivity index is 2.78. The van der Waals surface area contributed by atoms with Crippen LogP contribution >= 0.6 is 11.6 Å². The number of rotatable bonds is 6. The van der Waals surface area contributed by atoms with Crippen LogP contribution in [0.25, 0.3) is 0 Å². The molecule has 1 aromatic carbocycles. The van der Waals surface area contributed by atoms with E-state index in [-0.39, 0.29) is 12.5 Å². The number of nitrogens with two attached hydrogens (primary N) is 1. The van der Waals surface area contributed by atoms with E-state index in [0.29, 0.717) is 5.02 Å². The zero-order valence-corrected chi connectivity index (χ0v) is 10.9. The third kappa shape index (κ3) is 4.24. The van der Waals surface area contributed by atoms with Gasteiger partial charge < -0.3 is 16.0 Å². The molecule has 0 spiro atoms. The van der Waals surface area contributed by atoms with Crippen LogP contribution in [0.3, 0.4) is 0 Å². The Hall–Kier alpha value is -1.26. The highest BCUT2D eigenvalue weighted by molar-refractivity contribution is 6.33. The number of anilines is 1. The summed E-state index contributed by atoms with van der Waals surface area (Å²) in [5, 5.41) is 3.86. The van der Waals surface area contributed by atoms with Crippen LogP contribution in [0.1, 0.15) is 12.5 Å². The van der Waals surface area contributed by atoms with Crippen molar-refractivity contribution in [2.75, 3.05) is 25.0 Å². The van der Waals surface area contributed by atoms with Gasteiger partial charge in [0.25, 0.3) is 0 Å². The Bertz CT molecular complexity index is 395. The predicted octanol–water partition coefficient (Wildman–Crippen LogP) is 1.37. The minimum absolute atomic E-state index is 0.159. The fourth-order valence-corrected chi connectivity index (χ4v) is 1.91. The molecule has 0 saturated heterocycles. The summed E-state index contributed by atoms with van der Waals surface area (Å²) < 4.78 is 0. The highest BCUT2D eigenvalue weighted by atomic mass is 35.5. The first-order chi connectivity index (χ1) is 8.04. The van der Waals surface area contributed by atoms with Crippen LogP contribution in [-0.2, 0) is 11.3 Å². The van der Waals surface area contributed by atoms with E-state index in [0.717, 1.165) is 24.3 Å². The first-order valence-corrected chi connectivity index (χ1v) is 5.91. The van der Waals surface area contributed by atoms with Gasteiger partial charge in [-0.3, -0.25) is 4.79 Å². The molecule has 1 aromatic rings. The van der Waals surface area contributed by atoms with E-state index in [1.807, 2.05) is 18.2 Å². The molecular weight excluding hydrogens is 238 g/mol. The molecule has 0 aliphatic rings. The van der Waals surface area contributed by atoms with E-state index in [9.17, 15) is 4.79 Å². The van der Waals surface area contributed by atoms with Crippen molar-refractivity contribution in [3.8, 4) is 0 Å². The standard InChI is InChI=1S/C12H18ClN3O/c1-3-15-7-9-4-5-11(10(13)6-9)16(2)8-12(14)17/h4-6,15H,3,7-8H2,1-2H3,(H2,14,17). The maximum atomic E-state index is 10.8. The molecule has 0 aliphatic carbocycles. The first kappa shape index (κ1) is 13.8. The second-order valence-electron chi connectivity index (χ2n) is 3.89. The van der Waals surface area contributed by atoms with Gasteiger partial charge in [-0.2, -0.15) is 0 Å². The molecule has 0 bridgehead atoms. The van der Waals surface area contributed by atoms with Crippen LogP contribution < -0.4 is 16.0 Å². The third-order valence-electron chi connectivity index (χ3n) is 2.40. The van der Waals surface area contributed by atoms with Gasteiger partial charge in [-0.15, -0.1) is 0 Å². The lowest BCUT2D eigenvalue weighted by atomic mass is 10.2. The number of benzene rings is 1. The van der Waals surface area contributed by atoms with E-state index < -0.39 is 0 Å². The Morgan fingerprint density at radius 3 is 2.76 bits per heavy atom. The fourth-order valence-electron chi connectivity index (χ4n) is 1.56. The molecule has 5 heteroatoms. The largest absolute Gasteiger partial charge is 0.368 e. The van der Waals surface area contributed by atoms with Crippen LogP contribution in [0.2, 0.25) is 5.02 Å². The van der Waals surface area contributed by atoms with Crippen LogP contribution in [-0.4, -0.2) is 26.0 Å². The molecule has 0 saturated carbocycles. The van der Waals surface area contributed by atoms with E-state index in [1.54, 1.807) is 11.9 Å². The lowest BCUT2D eigenvalue weighted by Crippen LogP contribution is -2.30. The summed E-state index contributed by atoms with van der Waals surface area (Å²) in [4.78, 5) is 12.6. The molecule has 1 amide bonds. The van der Waals surface area contributed by atoms with Crippen molar-refractivity contribution in [2.45, 2.75) is 13.5 Å².